The first kappa shape index (κ1) is 15.0. The fraction of sp³-hybridized carbons (Fsp3) is 0.333. The second-order valence-electron chi connectivity index (χ2n) is 5.64. The molecule has 24 heavy (non-hydrogen) atoms. The Morgan fingerprint density at radius 2 is 2.29 bits per heavy atom. The number of nitrogens with zero attached hydrogens (tertiary/aromatic N) is 4. The number of amides is 1. The van der Waals surface area contributed by atoms with Crippen LogP contribution in [0, 0.1) is 18.7 Å². The number of fused-ring (bicyclic) bond motifs is 1. The molecule has 1 aromatic carbocycles. The molecule has 1 aliphatic rings. The van der Waals surface area contributed by atoms with Gasteiger partial charge in [-0.2, -0.15) is 0 Å². The van der Waals surface area contributed by atoms with Gasteiger partial charge in [0.2, 0.25) is 17.7 Å². The van der Waals surface area contributed by atoms with Crippen molar-refractivity contribution in [2.45, 2.75) is 13.5 Å². The van der Waals surface area contributed by atoms with Gasteiger partial charge in [0.05, 0.1) is 22.7 Å². The maximum atomic E-state index is 13.2. The standard InChI is InChI=1S/C15H14FN5O2S/c1-8-19-20-13(23-8)5-17-14(22)9-6-21(7-9)15-18-11-3-2-10(16)4-12(11)24-15/h2-4,9H,5-7H2,1H3,(H,17,22). The van der Waals surface area contributed by atoms with Gasteiger partial charge in [-0.25, -0.2) is 9.37 Å². The summed E-state index contributed by atoms with van der Waals surface area (Å²) in [4.78, 5) is 18.6. The molecular formula is C15H14FN5O2S. The third-order valence-corrected chi connectivity index (χ3v) is 4.92. The minimum absolute atomic E-state index is 0.0470. The molecule has 9 heteroatoms. The van der Waals surface area contributed by atoms with E-state index >= 15 is 0 Å². The maximum absolute atomic E-state index is 13.2. The van der Waals surface area contributed by atoms with Gasteiger partial charge in [0.1, 0.15) is 5.82 Å². The number of carbonyl (C=O) groups excluding carboxylic acids is 1. The average Bonchev–Trinajstić information content (AvgIpc) is 3.09. The number of benzene rings is 1. The predicted molar refractivity (Wildman–Crippen MR) is 86.2 cm³/mol. The van der Waals surface area contributed by atoms with E-state index in [1.54, 1.807) is 13.0 Å². The lowest BCUT2D eigenvalue weighted by Crippen LogP contribution is -2.53. The molecule has 3 aromatic rings. The monoisotopic (exact) mass is 347 g/mol. The second kappa shape index (κ2) is 5.82. The molecule has 0 atom stereocenters. The lowest BCUT2D eigenvalue weighted by Gasteiger charge is -2.37. The van der Waals surface area contributed by atoms with Crippen molar-refractivity contribution in [1.29, 1.82) is 0 Å². The third-order valence-electron chi connectivity index (χ3n) is 3.84. The number of aryl methyl sites for hydroxylation is 1. The van der Waals surface area contributed by atoms with Crippen LogP contribution >= 0.6 is 11.3 Å². The van der Waals surface area contributed by atoms with Crippen molar-refractivity contribution >= 4 is 32.6 Å². The normalized spacial score (nSPS) is 14.8. The molecule has 124 valence electrons. The van der Waals surface area contributed by atoms with Gasteiger partial charge in [-0.05, 0) is 18.2 Å². The highest BCUT2D eigenvalue weighted by Crippen LogP contribution is 2.33. The summed E-state index contributed by atoms with van der Waals surface area (Å²) in [6.45, 7) is 3.12. The maximum Gasteiger partial charge on any atom is 0.235 e. The Morgan fingerprint density at radius 3 is 3.04 bits per heavy atom. The van der Waals surface area contributed by atoms with E-state index in [9.17, 15) is 9.18 Å². The van der Waals surface area contributed by atoms with Gasteiger partial charge in [0.25, 0.3) is 0 Å². The van der Waals surface area contributed by atoms with Gasteiger partial charge in [-0.15, -0.1) is 10.2 Å². The minimum atomic E-state index is -0.269. The molecule has 0 bridgehead atoms. The molecular weight excluding hydrogens is 333 g/mol. The third kappa shape index (κ3) is 2.82. The fourth-order valence-corrected chi connectivity index (χ4v) is 3.55. The summed E-state index contributed by atoms with van der Waals surface area (Å²) in [5.74, 6) is 0.452. The highest BCUT2D eigenvalue weighted by atomic mass is 32.1. The van der Waals surface area contributed by atoms with E-state index in [1.807, 2.05) is 4.90 Å². The van der Waals surface area contributed by atoms with E-state index in [0.717, 1.165) is 15.3 Å². The first-order chi connectivity index (χ1) is 11.6. The number of halogens is 1. The number of anilines is 1. The molecule has 3 heterocycles. The summed E-state index contributed by atoms with van der Waals surface area (Å²) < 4.78 is 19.3. The molecule has 0 unspecified atom stereocenters. The zero-order valence-electron chi connectivity index (χ0n) is 12.8. The number of rotatable bonds is 4. The van der Waals surface area contributed by atoms with Crippen LogP contribution in [0.25, 0.3) is 10.2 Å². The predicted octanol–water partition coefficient (Wildman–Crippen LogP) is 1.88. The van der Waals surface area contributed by atoms with Gasteiger partial charge in [0.15, 0.2) is 5.13 Å². The van der Waals surface area contributed by atoms with Crippen LogP contribution in [-0.4, -0.2) is 34.2 Å². The van der Waals surface area contributed by atoms with Crippen LogP contribution in [0.15, 0.2) is 22.6 Å². The average molecular weight is 347 g/mol. The van der Waals surface area contributed by atoms with Crippen molar-refractivity contribution in [3.63, 3.8) is 0 Å². The quantitative estimate of drug-likeness (QED) is 0.776. The van der Waals surface area contributed by atoms with Gasteiger partial charge >= 0.3 is 0 Å². The highest BCUT2D eigenvalue weighted by molar-refractivity contribution is 7.22. The number of thiazole rings is 1. The first-order valence-electron chi connectivity index (χ1n) is 7.46. The fourth-order valence-electron chi connectivity index (χ4n) is 2.54. The van der Waals surface area contributed by atoms with E-state index in [1.165, 1.54) is 23.5 Å². The Morgan fingerprint density at radius 1 is 1.46 bits per heavy atom. The summed E-state index contributed by atoms with van der Waals surface area (Å²) in [6, 6.07) is 4.55. The Kier molecular flexibility index (Phi) is 3.64. The molecule has 0 aliphatic carbocycles. The van der Waals surface area contributed by atoms with Crippen LogP contribution < -0.4 is 10.2 Å². The van der Waals surface area contributed by atoms with Crippen LogP contribution in [0.4, 0.5) is 9.52 Å². The number of carbonyl (C=O) groups is 1. The molecule has 2 aromatic heterocycles. The Balaban J connectivity index is 1.34. The van der Waals surface area contributed by atoms with Crippen molar-refractivity contribution in [2.75, 3.05) is 18.0 Å². The minimum Gasteiger partial charge on any atom is -0.424 e. The largest absolute Gasteiger partial charge is 0.424 e. The molecule has 7 nitrogen and oxygen atoms in total. The van der Waals surface area contributed by atoms with E-state index in [2.05, 4.69) is 20.5 Å². The number of nitrogens with one attached hydrogen (secondary N) is 1. The van der Waals surface area contributed by atoms with E-state index < -0.39 is 0 Å². The smallest absolute Gasteiger partial charge is 0.235 e. The van der Waals surface area contributed by atoms with E-state index in [0.29, 0.717) is 24.9 Å². The van der Waals surface area contributed by atoms with Gasteiger partial charge in [-0.1, -0.05) is 11.3 Å². The molecule has 0 radical (unpaired) electrons. The zero-order chi connectivity index (χ0) is 16.7. The molecule has 4 rings (SSSR count). The first-order valence-corrected chi connectivity index (χ1v) is 8.28. The van der Waals surface area contributed by atoms with Crippen LogP contribution in [0.2, 0.25) is 0 Å². The lowest BCUT2D eigenvalue weighted by molar-refractivity contribution is -0.126. The molecule has 0 spiro atoms. The van der Waals surface area contributed by atoms with Gasteiger partial charge in [0, 0.05) is 20.0 Å². The summed E-state index contributed by atoms with van der Waals surface area (Å²) in [7, 11) is 0. The van der Waals surface area contributed by atoms with Crippen LogP contribution in [0.1, 0.15) is 11.8 Å². The second-order valence-corrected chi connectivity index (χ2v) is 6.65. The SMILES string of the molecule is Cc1nnc(CNC(=O)C2CN(c3nc4ccc(F)cc4s3)C2)o1. The van der Waals surface area contributed by atoms with Crippen LogP contribution in [0.3, 0.4) is 0 Å². The summed E-state index contributed by atoms with van der Waals surface area (Å²) in [6.07, 6.45) is 0. The highest BCUT2D eigenvalue weighted by Gasteiger charge is 2.34. The zero-order valence-corrected chi connectivity index (χ0v) is 13.6. The van der Waals surface area contributed by atoms with Gasteiger partial charge in [-0.3, -0.25) is 4.79 Å². The van der Waals surface area contributed by atoms with Crippen LogP contribution in [0.5, 0.6) is 0 Å². The van der Waals surface area contributed by atoms with Crippen molar-refractivity contribution in [1.82, 2.24) is 20.5 Å². The van der Waals surface area contributed by atoms with E-state index in [-0.39, 0.29) is 24.2 Å². The van der Waals surface area contributed by atoms with Crippen molar-refractivity contribution < 1.29 is 13.6 Å². The van der Waals surface area contributed by atoms with Crippen molar-refractivity contribution in [2.24, 2.45) is 5.92 Å². The number of aromatic nitrogens is 3. The molecule has 1 amide bonds. The Hall–Kier alpha value is -2.55. The topological polar surface area (TPSA) is 84.2 Å². The molecule has 1 saturated heterocycles. The van der Waals surface area contributed by atoms with Gasteiger partial charge < -0.3 is 14.6 Å². The lowest BCUT2D eigenvalue weighted by atomic mass is 10.0. The summed E-state index contributed by atoms with van der Waals surface area (Å²) in [5, 5.41) is 11.2. The van der Waals surface area contributed by atoms with Crippen molar-refractivity contribution in [3.8, 4) is 0 Å². The molecule has 1 N–H and O–H groups in total. The Labute approximate surface area is 140 Å². The van der Waals surface area contributed by atoms with Crippen LogP contribution in [-0.2, 0) is 11.3 Å². The molecule has 1 aliphatic heterocycles. The molecule has 1 fully saturated rings. The Bertz CT molecular complexity index is 902. The summed E-state index contributed by atoms with van der Waals surface area (Å²) in [5.41, 5.74) is 0.774. The summed E-state index contributed by atoms with van der Waals surface area (Å²) >= 11 is 1.43. The molecule has 0 saturated carbocycles. The number of hydrogen-bond donors (Lipinski definition) is 1. The van der Waals surface area contributed by atoms with E-state index in [4.69, 9.17) is 4.42 Å². The van der Waals surface area contributed by atoms with Crippen molar-refractivity contribution in [3.05, 3.63) is 35.8 Å². The number of hydrogen-bond acceptors (Lipinski definition) is 7.